The Morgan fingerprint density at radius 2 is 1.04 bits per heavy atom. The lowest BCUT2D eigenvalue weighted by molar-refractivity contribution is 0.661. The fourth-order valence-corrected chi connectivity index (χ4v) is 8.81. The van der Waals surface area contributed by atoms with E-state index in [1.807, 2.05) is 18.2 Å². The third-order valence-electron chi connectivity index (χ3n) is 11.4. The first kappa shape index (κ1) is 30.7. The summed E-state index contributed by atoms with van der Waals surface area (Å²) in [4.78, 5) is 15.6. The second-order valence-corrected chi connectivity index (χ2v) is 14.9. The Hall–Kier alpha value is -6.91. The highest BCUT2D eigenvalue weighted by atomic mass is 15.0. The van der Waals surface area contributed by atoms with Gasteiger partial charge in [0.2, 0.25) is 0 Å². The first-order valence-electron chi connectivity index (χ1n) is 18.5. The van der Waals surface area contributed by atoms with Crippen LogP contribution in [-0.2, 0) is 5.41 Å². The molecular weight excluding hydrogens is 657 g/mol. The number of rotatable bonds is 4. The van der Waals surface area contributed by atoms with Crippen LogP contribution in [0.5, 0.6) is 0 Å². The van der Waals surface area contributed by atoms with Crippen molar-refractivity contribution in [2.24, 2.45) is 0 Å². The van der Waals surface area contributed by atoms with Gasteiger partial charge in [0, 0.05) is 38.6 Å². The van der Waals surface area contributed by atoms with E-state index in [9.17, 15) is 0 Å². The molecule has 4 heteroatoms. The molecule has 0 amide bonds. The van der Waals surface area contributed by atoms with E-state index in [4.69, 9.17) is 15.0 Å². The van der Waals surface area contributed by atoms with Gasteiger partial charge in [-0.05, 0) is 80.2 Å². The normalized spacial score (nSPS) is 13.1. The zero-order valence-electron chi connectivity index (χ0n) is 30.0. The highest BCUT2D eigenvalue weighted by Gasteiger charge is 2.36. The van der Waals surface area contributed by atoms with Gasteiger partial charge in [0.25, 0.3) is 0 Å². The van der Waals surface area contributed by atoms with Gasteiger partial charge >= 0.3 is 0 Å². The van der Waals surface area contributed by atoms with Gasteiger partial charge in [-0.25, -0.2) is 15.0 Å². The van der Waals surface area contributed by atoms with Gasteiger partial charge in [0.15, 0.2) is 17.5 Å². The Kier molecular flexibility index (Phi) is 6.56. The summed E-state index contributed by atoms with van der Waals surface area (Å²) in [6, 6.07) is 60.6. The van der Waals surface area contributed by atoms with E-state index in [2.05, 4.69) is 170 Å². The number of fused-ring (bicyclic) bond motifs is 9. The van der Waals surface area contributed by atoms with Crippen molar-refractivity contribution in [3.8, 4) is 51.0 Å². The summed E-state index contributed by atoms with van der Waals surface area (Å²) in [6.45, 7) is 4.69. The average Bonchev–Trinajstić information content (AvgIpc) is 3.67. The smallest absolute Gasteiger partial charge is 0.164 e. The maximum atomic E-state index is 5.26. The van der Waals surface area contributed by atoms with Crippen molar-refractivity contribution in [3.05, 3.63) is 181 Å². The van der Waals surface area contributed by atoms with Crippen LogP contribution in [0.1, 0.15) is 25.0 Å². The van der Waals surface area contributed by atoms with E-state index in [-0.39, 0.29) is 5.41 Å². The molecule has 0 radical (unpaired) electrons. The standard InChI is InChI=1S/C50H34N4/c1-50(2)43-25-12-10-23-38(43)40-29-41-39-24-11-13-26-45(39)54(46(41)30-44(40)50)34-19-14-18-33(27-34)48-51-47(31-15-4-3-5-16-31)52-49(53-48)42-28-32-17-6-7-20-35(32)36-21-8-9-22-37(36)42/h3-30H,1-2H3. The van der Waals surface area contributed by atoms with Crippen molar-refractivity contribution in [3.63, 3.8) is 0 Å². The Labute approximate surface area is 313 Å². The minimum absolute atomic E-state index is 0.106. The predicted molar refractivity (Wildman–Crippen MR) is 223 cm³/mol. The van der Waals surface area contributed by atoms with E-state index >= 15 is 0 Å². The maximum absolute atomic E-state index is 5.26. The van der Waals surface area contributed by atoms with Crippen LogP contribution in [0.4, 0.5) is 0 Å². The van der Waals surface area contributed by atoms with E-state index in [1.165, 1.54) is 54.8 Å². The quantitative estimate of drug-likeness (QED) is 0.173. The summed E-state index contributed by atoms with van der Waals surface area (Å²) in [5.74, 6) is 1.93. The molecule has 2 heterocycles. The van der Waals surface area contributed by atoms with Crippen molar-refractivity contribution in [1.29, 1.82) is 0 Å². The van der Waals surface area contributed by atoms with Gasteiger partial charge in [-0.1, -0.05) is 147 Å². The number of aromatic nitrogens is 4. The van der Waals surface area contributed by atoms with Crippen LogP contribution >= 0.6 is 0 Å². The number of para-hydroxylation sites is 1. The van der Waals surface area contributed by atoms with Crippen LogP contribution in [0, 0.1) is 0 Å². The van der Waals surface area contributed by atoms with Crippen molar-refractivity contribution in [1.82, 2.24) is 19.5 Å². The number of hydrogen-bond acceptors (Lipinski definition) is 3. The summed E-state index contributed by atoms with van der Waals surface area (Å²) in [7, 11) is 0. The number of benzene rings is 8. The monoisotopic (exact) mass is 690 g/mol. The number of hydrogen-bond donors (Lipinski definition) is 0. The van der Waals surface area contributed by atoms with Gasteiger partial charge in [0.1, 0.15) is 0 Å². The molecule has 0 atom stereocenters. The molecular formula is C50H34N4. The second kappa shape index (κ2) is 11.5. The highest BCUT2D eigenvalue weighted by Crippen LogP contribution is 2.51. The van der Waals surface area contributed by atoms with Crippen molar-refractivity contribution >= 4 is 43.4 Å². The summed E-state index contributed by atoms with van der Waals surface area (Å²) in [5.41, 5.74) is 11.6. The van der Waals surface area contributed by atoms with Crippen LogP contribution < -0.4 is 0 Å². The molecule has 0 fully saturated rings. The second-order valence-electron chi connectivity index (χ2n) is 14.9. The topological polar surface area (TPSA) is 43.6 Å². The summed E-state index contributed by atoms with van der Waals surface area (Å²) >= 11 is 0. The van der Waals surface area contributed by atoms with E-state index in [1.54, 1.807) is 0 Å². The molecule has 10 aromatic rings. The van der Waals surface area contributed by atoms with E-state index < -0.39 is 0 Å². The van der Waals surface area contributed by atoms with Gasteiger partial charge < -0.3 is 4.57 Å². The van der Waals surface area contributed by atoms with Crippen molar-refractivity contribution in [2.45, 2.75) is 19.3 Å². The molecule has 0 N–H and O–H groups in total. The van der Waals surface area contributed by atoms with Crippen molar-refractivity contribution < 1.29 is 0 Å². The van der Waals surface area contributed by atoms with Gasteiger partial charge in [-0.15, -0.1) is 0 Å². The molecule has 0 bridgehead atoms. The Morgan fingerprint density at radius 1 is 0.389 bits per heavy atom. The largest absolute Gasteiger partial charge is 0.309 e. The molecule has 0 unspecified atom stereocenters. The van der Waals surface area contributed by atoms with Crippen LogP contribution in [0.25, 0.3) is 94.3 Å². The summed E-state index contributed by atoms with van der Waals surface area (Å²) < 4.78 is 2.41. The van der Waals surface area contributed by atoms with Gasteiger partial charge in [0.05, 0.1) is 11.0 Å². The molecule has 1 aliphatic carbocycles. The molecule has 0 saturated carbocycles. The highest BCUT2D eigenvalue weighted by molar-refractivity contribution is 6.14. The molecule has 254 valence electrons. The number of nitrogens with zero attached hydrogens (tertiary/aromatic N) is 4. The Bertz CT molecular complexity index is 3140. The third-order valence-corrected chi connectivity index (χ3v) is 11.4. The van der Waals surface area contributed by atoms with E-state index in [0.717, 1.165) is 33.2 Å². The van der Waals surface area contributed by atoms with Crippen LogP contribution in [0.15, 0.2) is 170 Å². The van der Waals surface area contributed by atoms with Crippen LogP contribution in [-0.4, -0.2) is 19.5 Å². The molecule has 4 nitrogen and oxygen atoms in total. The first-order chi connectivity index (χ1) is 26.5. The average molecular weight is 691 g/mol. The molecule has 11 rings (SSSR count). The first-order valence-corrected chi connectivity index (χ1v) is 18.5. The predicted octanol–water partition coefficient (Wildman–Crippen LogP) is 12.6. The lowest BCUT2D eigenvalue weighted by Gasteiger charge is -2.21. The SMILES string of the molecule is CC1(C)c2ccccc2-c2cc3c4ccccc4n(-c4cccc(-c5nc(-c6ccccc6)nc(-c6cc7ccccc7c7ccccc67)n5)c4)c3cc21. The van der Waals surface area contributed by atoms with Gasteiger partial charge in [-0.3, -0.25) is 0 Å². The Balaban J connectivity index is 1.14. The molecule has 8 aromatic carbocycles. The minimum Gasteiger partial charge on any atom is -0.309 e. The zero-order chi connectivity index (χ0) is 36.0. The van der Waals surface area contributed by atoms with Crippen LogP contribution in [0.3, 0.4) is 0 Å². The lowest BCUT2D eigenvalue weighted by atomic mass is 9.82. The van der Waals surface area contributed by atoms with Crippen LogP contribution in [0.2, 0.25) is 0 Å². The Morgan fingerprint density at radius 3 is 1.89 bits per heavy atom. The third kappa shape index (κ3) is 4.53. The molecule has 2 aromatic heterocycles. The zero-order valence-corrected chi connectivity index (χ0v) is 30.0. The molecule has 0 spiro atoms. The minimum atomic E-state index is -0.106. The van der Waals surface area contributed by atoms with E-state index in [0.29, 0.717) is 17.5 Å². The summed E-state index contributed by atoms with van der Waals surface area (Å²) in [6.07, 6.45) is 0. The molecule has 54 heavy (non-hydrogen) atoms. The fourth-order valence-electron chi connectivity index (χ4n) is 8.81. The van der Waals surface area contributed by atoms with Crippen molar-refractivity contribution in [2.75, 3.05) is 0 Å². The summed E-state index contributed by atoms with van der Waals surface area (Å²) in [5, 5.41) is 7.15. The molecule has 0 saturated heterocycles. The maximum Gasteiger partial charge on any atom is 0.164 e. The lowest BCUT2D eigenvalue weighted by Crippen LogP contribution is -2.14. The van der Waals surface area contributed by atoms with Gasteiger partial charge in [-0.2, -0.15) is 0 Å². The fraction of sp³-hybridized carbons (Fsp3) is 0.0600. The molecule has 1 aliphatic rings. The molecule has 0 aliphatic heterocycles.